The Morgan fingerprint density at radius 1 is 1.09 bits per heavy atom. The number of methoxy groups -OCH3 is 1. The van der Waals surface area contributed by atoms with Gasteiger partial charge >= 0.3 is 0 Å². The van der Waals surface area contributed by atoms with Crippen molar-refractivity contribution in [3.63, 3.8) is 0 Å². The summed E-state index contributed by atoms with van der Waals surface area (Å²) in [6.45, 7) is 3.83. The number of rotatable bonds is 4. The van der Waals surface area contributed by atoms with Crippen LogP contribution in [-0.2, 0) is 26.2 Å². The second-order valence-electron chi connectivity index (χ2n) is 13.2. The summed E-state index contributed by atoms with van der Waals surface area (Å²) in [5.74, 6) is -3.81. The number of imide groups is 2. The third-order valence-electron chi connectivity index (χ3n) is 10.9. The number of hydrogen-bond donors (Lipinski definition) is 2. The molecule has 2 N–H and O–H groups in total. The number of phenolic OH excluding ortho intramolecular Hbond substituents is 1. The Bertz CT molecular complexity index is 2120. The van der Waals surface area contributed by atoms with Crippen LogP contribution in [-0.4, -0.2) is 45.6 Å². The van der Waals surface area contributed by atoms with Gasteiger partial charge in [-0.25, -0.2) is 4.90 Å². The summed E-state index contributed by atoms with van der Waals surface area (Å²) < 4.78 is 8.05. The molecule has 0 unspecified atom stereocenters. The maximum atomic E-state index is 14.9. The minimum absolute atomic E-state index is 0.0552. The van der Waals surface area contributed by atoms with Crippen molar-refractivity contribution in [1.29, 1.82) is 0 Å². The molecule has 6 atom stereocenters. The van der Waals surface area contributed by atoms with Crippen LogP contribution in [0, 0.1) is 36.0 Å². The number of phenols is 1. The van der Waals surface area contributed by atoms with E-state index in [4.69, 9.17) is 21.4 Å². The molecule has 0 bridgehead atoms. The van der Waals surface area contributed by atoms with Crippen LogP contribution < -0.4 is 15.0 Å². The third kappa shape index (κ3) is 4.05. The summed E-state index contributed by atoms with van der Waals surface area (Å²) in [6, 6.07) is 12.5. The highest BCUT2D eigenvalue weighted by atomic mass is 35.5. The van der Waals surface area contributed by atoms with Crippen LogP contribution in [0.25, 0.3) is 20.7 Å². The molecule has 2 aliphatic heterocycles. The van der Waals surface area contributed by atoms with Crippen LogP contribution >= 0.6 is 22.9 Å². The fourth-order valence-electron chi connectivity index (χ4n) is 8.61. The first-order valence-corrected chi connectivity index (χ1v) is 16.7. The van der Waals surface area contributed by atoms with Crippen molar-refractivity contribution in [2.45, 2.75) is 32.6 Å². The fraction of sp³-hybridized carbons (Fsp3) is 0.343. The van der Waals surface area contributed by atoms with Crippen LogP contribution in [0.3, 0.4) is 0 Å². The number of carbonyl (C=O) groups excluding carboxylic acids is 4. The number of allylic oxidation sites excluding steroid dienone is 2. The molecule has 10 nitrogen and oxygen atoms in total. The average molecular weight is 671 g/mol. The second kappa shape index (κ2) is 10.3. The Kier molecular flexibility index (Phi) is 6.52. The average Bonchev–Trinajstić information content (AvgIpc) is 3.72. The number of anilines is 1. The summed E-state index contributed by atoms with van der Waals surface area (Å²) in [7, 11) is 3.16. The molecular formula is C35H31ClN4O6S. The molecule has 4 aromatic rings. The van der Waals surface area contributed by atoms with Crippen LogP contribution in [0.4, 0.5) is 5.82 Å². The first kappa shape index (κ1) is 29.9. The molecule has 2 aliphatic carbocycles. The van der Waals surface area contributed by atoms with E-state index in [-0.39, 0.29) is 41.5 Å². The van der Waals surface area contributed by atoms with Gasteiger partial charge in [0.05, 0.1) is 35.2 Å². The minimum Gasteiger partial charge on any atom is -0.504 e. The molecule has 47 heavy (non-hydrogen) atoms. The number of fused-ring (bicyclic) bond motifs is 5. The number of hydrogen-bond acceptors (Lipinski definition) is 8. The number of carbonyl (C=O) groups is 4. The maximum Gasteiger partial charge on any atom is 0.242 e. The van der Waals surface area contributed by atoms with Gasteiger partial charge in [0.1, 0.15) is 11.5 Å². The van der Waals surface area contributed by atoms with Gasteiger partial charge in [-0.2, -0.15) is 5.10 Å². The first-order valence-electron chi connectivity index (χ1n) is 15.5. The van der Waals surface area contributed by atoms with E-state index in [0.29, 0.717) is 28.5 Å². The van der Waals surface area contributed by atoms with Gasteiger partial charge in [0.25, 0.3) is 0 Å². The first-order chi connectivity index (χ1) is 22.4. The molecule has 2 saturated heterocycles. The summed E-state index contributed by atoms with van der Waals surface area (Å²) >= 11 is 7.85. The predicted molar refractivity (Wildman–Crippen MR) is 176 cm³/mol. The molecular weight excluding hydrogens is 640 g/mol. The molecule has 240 valence electrons. The number of amides is 4. The standard InChI is InChI=1S/C35H31ClN4O6S/c1-15-20-12-17(36)6-10-26(20)47-30(15)23-14-27(39(3)38-23)40-33(44)22-13-21-18(7-8-19-28(21)32(43)37-31(19)42)29(35(22,2)34(40)45)16-5-9-24(41)25(11-16)46-4/h5-7,9-12,14,19,21-22,28-29,41H,8,13H2,1-4H3,(H,37,42,43)/t19-,21+,22-,28-,29-,35+/m0/s1. The van der Waals surface area contributed by atoms with E-state index in [9.17, 15) is 24.3 Å². The zero-order valence-electron chi connectivity index (χ0n) is 26.0. The van der Waals surface area contributed by atoms with Crippen molar-refractivity contribution in [2.24, 2.45) is 36.1 Å². The van der Waals surface area contributed by atoms with E-state index in [1.807, 2.05) is 38.1 Å². The van der Waals surface area contributed by atoms with Gasteiger partial charge in [-0.15, -0.1) is 11.3 Å². The van der Waals surface area contributed by atoms with Crippen molar-refractivity contribution < 1.29 is 29.0 Å². The summed E-state index contributed by atoms with van der Waals surface area (Å²) in [5, 5.41) is 19.3. The van der Waals surface area contributed by atoms with Gasteiger partial charge < -0.3 is 9.84 Å². The van der Waals surface area contributed by atoms with E-state index in [1.165, 1.54) is 18.1 Å². The molecule has 3 fully saturated rings. The van der Waals surface area contributed by atoms with E-state index >= 15 is 0 Å². The smallest absolute Gasteiger partial charge is 0.242 e. The number of halogens is 1. The van der Waals surface area contributed by atoms with E-state index in [1.54, 1.807) is 41.3 Å². The van der Waals surface area contributed by atoms with E-state index in [0.717, 1.165) is 26.1 Å². The molecule has 4 amide bonds. The molecule has 2 aromatic heterocycles. The molecule has 12 heteroatoms. The number of thiophene rings is 1. The third-order valence-corrected chi connectivity index (χ3v) is 12.4. The topological polar surface area (TPSA) is 131 Å². The highest BCUT2D eigenvalue weighted by Gasteiger charge is 2.67. The molecule has 2 aromatic carbocycles. The molecule has 1 saturated carbocycles. The summed E-state index contributed by atoms with van der Waals surface area (Å²) in [6.07, 6.45) is 2.59. The van der Waals surface area contributed by atoms with Crippen molar-refractivity contribution in [2.75, 3.05) is 12.0 Å². The number of aryl methyl sites for hydroxylation is 2. The lowest BCUT2D eigenvalue weighted by Gasteiger charge is -2.49. The zero-order valence-corrected chi connectivity index (χ0v) is 27.6. The van der Waals surface area contributed by atoms with Crippen molar-refractivity contribution in [3.05, 3.63) is 70.3 Å². The zero-order chi connectivity index (χ0) is 33.1. The quantitative estimate of drug-likeness (QED) is 0.217. The highest BCUT2D eigenvalue weighted by Crippen LogP contribution is 2.63. The lowest BCUT2D eigenvalue weighted by atomic mass is 9.51. The summed E-state index contributed by atoms with van der Waals surface area (Å²) in [4.78, 5) is 57.5. The number of nitrogens with zero attached hydrogens (tertiary/aromatic N) is 3. The Labute approximate surface area is 278 Å². The van der Waals surface area contributed by atoms with Gasteiger partial charge in [0.15, 0.2) is 11.5 Å². The molecule has 8 rings (SSSR count). The lowest BCUT2D eigenvalue weighted by Crippen LogP contribution is -2.48. The molecule has 4 aliphatic rings. The van der Waals surface area contributed by atoms with E-state index < -0.39 is 35.0 Å². The van der Waals surface area contributed by atoms with Crippen LogP contribution in [0.2, 0.25) is 5.02 Å². The van der Waals surface area contributed by atoms with Gasteiger partial charge in [0.2, 0.25) is 23.6 Å². The Morgan fingerprint density at radius 2 is 1.87 bits per heavy atom. The van der Waals surface area contributed by atoms with Crippen LogP contribution in [0.1, 0.15) is 36.8 Å². The maximum absolute atomic E-state index is 14.9. The Hall–Kier alpha value is -4.48. The van der Waals surface area contributed by atoms with Crippen molar-refractivity contribution in [3.8, 4) is 22.1 Å². The highest BCUT2D eigenvalue weighted by molar-refractivity contribution is 7.22. The van der Waals surface area contributed by atoms with E-state index in [2.05, 4.69) is 5.32 Å². The number of benzene rings is 2. The Morgan fingerprint density at radius 3 is 2.64 bits per heavy atom. The van der Waals surface area contributed by atoms with Gasteiger partial charge in [-0.1, -0.05) is 29.3 Å². The number of aromatic nitrogens is 2. The van der Waals surface area contributed by atoms with Gasteiger partial charge in [-0.3, -0.25) is 29.2 Å². The predicted octanol–water partition coefficient (Wildman–Crippen LogP) is 5.50. The van der Waals surface area contributed by atoms with Crippen LogP contribution in [0.5, 0.6) is 11.5 Å². The number of ether oxygens (including phenoxy) is 1. The second-order valence-corrected chi connectivity index (χ2v) is 14.6. The monoisotopic (exact) mass is 670 g/mol. The van der Waals surface area contributed by atoms with Crippen LogP contribution in [0.15, 0.2) is 54.1 Å². The number of nitrogens with one attached hydrogen (secondary N) is 1. The molecule has 4 heterocycles. The molecule has 0 radical (unpaired) electrons. The number of aromatic hydroxyl groups is 1. The Balaban J connectivity index is 1.26. The largest absolute Gasteiger partial charge is 0.504 e. The molecule has 0 spiro atoms. The normalized spacial score (nSPS) is 28.3. The van der Waals surface area contributed by atoms with Gasteiger partial charge in [-0.05, 0) is 79.5 Å². The summed E-state index contributed by atoms with van der Waals surface area (Å²) in [5.41, 5.74) is 1.95. The minimum atomic E-state index is -1.23. The fourth-order valence-corrected chi connectivity index (χ4v) is 9.93. The SMILES string of the molecule is COc1cc([C@H]2C3=CC[C@@H]4C(=O)NC(=O)[C@@H]4[C@@H]3C[C@H]3C(=O)N(c4cc(-c5sc6ccc(Cl)cc6c5C)nn4C)C(=O)[C@@]23C)ccc1O. The van der Waals surface area contributed by atoms with Gasteiger partial charge in [0, 0.05) is 28.8 Å². The lowest BCUT2D eigenvalue weighted by molar-refractivity contribution is -0.131. The van der Waals surface area contributed by atoms with Crippen molar-refractivity contribution >= 4 is 62.5 Å². The van der Waals surface area contributed by atoms with Crippen molar-refractivity contribution in [1.82, 2.24) is 15.1 Å².